The van der Waals surface area contributed by atoms with Crippen LogP contribution in [-0.2, 0) is 20.8 Å². The highest BCUT2D eigenvalue weighted by Crippen LogP contribution is 2.37. The van der Waals surface area contributed by atoms with E-state index in [0.717, 1.165) is 27.9 Å². The van der Waals surface area contributed by atoms with Gasteiger partial charge in [-0.2, -0.15) is 0 Å². The molecular formula is C38H35N3O6S2. The largest absolute Gasteiger partial charge is 0.489 e. The second-order valence-electron chi connectivity index (χ2n) is 11.5. The summed E-state index contributed by atoms with van der Waals surface area (Å²) in [5, 5.41) is 9.23. The lowest BCUT2D eigenvalue weighted by Gasteiger charge is -2.37. The van der Waals surface area contributed by atoms with E-state index >= 15 is 0 Å². The van der Waals surface area contributed by atoms with Crippen LogP contribution in [0.1, 0.15) is 22.8 Å². The summed E-state index contributed by atoms with van der Waals surface area (Å²) >= 11 is 6.32. The number of carboxylic acid groups (broad SMARTS) is 1. The molecule has 2 aliphatic heterocycles. The number of para-hydroxylation sites is 1. The van der Waals surface area contributed by atoms with Crippen LogP contribution in [0.2, 0.25) is 0 Å². The van der Waals surface area contributed by atoms with Gasteiger partial charge in [-0.05, 0) is 41.5 Å². The minimum absolute atomic E-state index is 0.158. The van der Waals surface area contributed by atoms with Crippen LogP contribution >= 0.6 is 24.0 Å². The quantitative estimate of drug-likeness (QED) is 0.140. The molecule has 0 saturated carbocycles. The van der Waals surface area contributed by atoms with Crippen molar-refractivity contribution < 1.29 is 29.0 Å². The highest BCUT2D eigenvalue weighted by Gasteiger charge is 2.34. The molecule has 2 aliphatic rings. The molecule has 0 radical (unpaired) electrons. The van der Waals surface area contributed by atoms with Gasteiger partial charge in [-0.25, -0.2) is 0 Å². The van der Waals surface area contributed by atoms with Crippen LogP contribution in [0.4, 0.5) is 5.69 Å². The van der Waals surface area contributed by atoms with Crippen molar-refractivity contribution in [1.82, 2.24) is 9.80 Å². The minimum atomic E-state index is -1.15. The smallest absolute Gasteiger partial charge is 0.323 e. The molecule has 1 N–H and O–H groups in total. The molecule has 6 rings (SSSR count). The molecule has 250 valence electrons. The van der Waals surface area contributed by atoms with Crippen LogP contribution in [0.5, 0.6) is 11.5 Å². The van der Waals surface area contributed by atoms with Crippen molar-refractivity contribution in [2.24, 2.45) is 0 Å². The number of carbonyl (C=O) groups excluding carboxylic acids is 2. The lowest BCUT2D eigenvalue weighted by Crippen LogP contribution is -2.50. The number of piperazine rings is 1. The third-order valence-corrected chi connectivity index (χ3v) is 9.59. The van der Waals surface area contributed by atoms with Crippen LogP contribution in [0.25, 0.3) is 6.08 Å². The van der Waals surface area contributed by atoms with Crippen LogP contribution < -0.4 is 14.4 Å². The average Bonchev–Trinajstić information content (AvgIpc) is 3.39. The molecule has 1 atom stereocenters. The average molecular weight is 694 g/mol. The number of ether oxygens (including phenoxy) is 2. The summed E-state index contributed by atoms with van der Waals surface area (Å²) < 4.78 is 13.0. The van der Waals surface area contributed by atoms with E-state index in [1.54, 1.807) is 24.3 Å². The molecule has 2 saturated heterocycles. The van der Waals surface area contributed by atoms with Gasteiger partial charge in [0.1, 0.15) is 10.9 Å². The number of rotatable bonds is 12. The highest BCUT2D eigenvalue weighted by atomic mass is 32.2. The van der Waals surface area contributed by atoms with Gasteiger partial charge in [-0.3, -0.25) is 19.3 Å². The van der Waals surface area contributed by atoms with Crippen LogP contribution in [-0.4, -0.2) is 76.3 Å². The SMILES string of the molecule is O=C(O)CN1C(=O)/C(=C/c2ccc(OCCc3ccccc3)c(OC(C(=O)N3CCN(c4ccccc4)CC3)c3ccccc3)c2)SC1=S. The minimum Gasteiger partial charge on any atom is -0.489 e. The maximum Gasteiger partial charge on any atom is 0.323 e. The first-order valence-corrected chi connectivity index (χ1v) is 17.2. The Labute approximate surface area is 294 Å². The first-order chi connectivity index (χ1) is 23.9. The van der Waals surface area contributed by atoms with E-state index < -0.39 is 24.5 Å². The van der Waals surface area contributed by atoms with Crippen LogP contribution in [0.15, 0.2) is 114 Å². The number of carboxylic acids is 1. The summed E-state index contributed by atoms with van der Waals surface area (Å²) in [6.45, 7) is 2.34. The zero-order valence-electron chi connectivity index (χ0n) is 26.6. The number of benzene rings is 4. The fraction of sp³-hybridized carbons (Fsp3) is 0.211. The summed E-state index contributed by atoms with van der Waals surface area (Å²) in [7, 11) is 0. The van der Waals surface area contributed by atoms with Gasteiger partial charge in [-0.15, -0.1) is 0 Å². The summed E-state index contributed by atoms with van der Waals surface area (Å²) in [5.41, 5.74) is 3.56. The van der Waals surface area contributed by atoms with Gasteiger partial charge in [0.25, 0.3) is 11.8 Å². The van der Waals surface area contributed by atoms with Crippen molar-refractivity contribution in [3.8, 4) is 11.5 Å². The van der Waals surface area contributed by atoms with Gasteiger partial charge in [0.05, 0.1) is 11.5 Å². The molecule has 2 fully saturated rings. The standard InChI is InChI=1S/C38H35N3O6S2/c42-34(43)26-41-36(44)33(49-38(41)48)25-28-16-17-31(46-23-18-27-10-4-1-5-11-27)32(24-28)47-35(29-12-6-2-7-13-29)37(45)40-21-19-39(20-22-40)30-14-8-3-9-15-30/h1-17,24-25,35H,18-23,26H2,(H,42,43)/b33-25-. The number of carbonyl (C=O) groups is 3. The first-order valence-electron chi connectivity index (χ1n) is 15.9. The molecule has 2 amide bonds. The third kappa shape index (κ3) is 8.48. The highest BCUT2D eigenvalue weighted by molar-refractivity contribution is 8.26. The van der Waals surface area contributed by atoms with E-state index in [9.17, 15) is 19.5 Å². The number of anilines is 1. The lowest BCUT2D eigenvalue weighted by molar-refractivity contribution is -0.140. The molecule has 4 aromatic rings. The van der Waals surface area contributed by atoms with Crippen molar-refractivity contribution in [3.63, 3.8) is 0 Å². The molecule has 0 bridgehead atoms. The maximum absolute atomic E-state index is 14.2. The van der Waals surface area contributed by atoms with E-state index in [2.05, 4.69) is 17.0 Å². The number of aliphatic carboxylic acids is 1. The van der Waals surface area contributed by atoms with E-state index in [0.29, 0.717) is 66.7 Å². The van der Waals surface area contributed by atoms with Crippen molar-refractivity contribution in [1.29, 1.82) is 0 Å². The van der Waals surface area contributed by atoms with Crippen LogP contribution in [0, 0.1) is 0 Å². The van der Waals surface area contributed by atoms with E-state index in [4.69, 9.17) is 21.7 Å². The molecular weight excluding hydrogens is 659 g/mol. The molecule has 0 aliphatic carbocycles. The maximum atomic E-state index is 14.2. The Bertz CT molecular complexity index is 1830. The summed E-state index contributed by atoms with van der Waals surface area (Å²) in [6, 6.07) is 34.8. The zero-order valence-corrected chi connectivity index (χ0v) is 28.3. The Balaban J connectivity index is 1.27. The number of nitrogens with zero attached hydrogens (tertiary/aromatic N) is 3. The zero-order chi connectivity index (χ0) is 34.2. The van der Waals surface area contributed by atoms with Crippen LogP contribution in [0.3, 0.4) is 0 Å². The normalized spacial score (nSPS) is 16.2. The van der Waals surface area contributed by atoms with E-state index in [-0.39, 0.29) is 10.2 Å². The van der Waals surface area contributed by atoms with Crippen molar-refractivity contribution in [2.45, 2.75) is 12.5 Å². The molecule has 4 aromatic carbocycles. The van der Waals surface area contributed by atoms with Gasteiger partial charge >= 0.3 is 5.97 Å². The number of thioether (sulfide) groups is 1. The number of thiocarbonyl (C=S) groups is 1. The fourth-order valence-electron chi connectivity index (χ4n) is 5.68. The predicted octanol–water partition coefficient (Wildman–Crippen LogP) is 6.06. The molecule has 11 heteroatoms. The van der Waals surface area contributed by atoms with Gasteiger partial charge in [0.15, 0.2) is 11.5 Å². The third-order valence-electron chi connectivity index (χ3n) is 8.21. The Hall–Kier alpha value is -5.13. The molecule has 9 nitrogen and oxygen atoms in total. The Morgan fingerprint density at radius 2 is 1.51 bits per heavy atom. The van der Waals surface area contributed by atoms with Crippen molar-refractivity contribution >= 4 is 57.8 Å². The fourth-order valence-corrected chi connectivity index (χ4v) is 6.93. The molecule has 2 heterocycles. The van der Waals surface area contributed by atoms with Crippen molar-refractivity contribution in [2.75, 3.05) is 44.2 Å². The Morgan fingerprint density at radius 3 is 2.18 bits per heavy atom. The van der Waals surface area contributed by atoms with Gasteiger partial charge in [0, 0.05) is 43.9 Å². The van der Waals surface area contributed by atoms with E-state index in [1.807, 2.05) is 83.8 Å². The van der Waals surface area contributed by atoms with Crippen molar-refractivity contribution in [3.05, 3.63) is 131 Å². The summed E-state index contributed by atoms with van der Waals surface area (Å²) in [4.78, 5) is 44.0. The van der Waals surface area contributed by atoms with Gasteiger partial charge in [-0.1, -0.05) is 109 Å². The number of hydrogen-bond acceptors (Lipinski definition) is 8. The second kappa shape index (κ2) is 15.8. The molecule has 0 aromatic heterocycles. The molecule has 1 unspecified atom stereocenters. The second-order valence-corrected chi connectivity index (χ2v) is 13.2. The summed E-state index contributed by atoms with van der Waals surface area (Å²) in [6.07, 6.45) is 1.36. The first kappa shape index (κ1) is 33.8. The lowest BCUT2D eigenvalue weighted by atomic mass is 10.1. The van der Waals surface area contributed by atoms with E-state index in [1.165, 1.54) is 0 Å². The van der Waals surface area contributed by atoms with Gasteiger partial charge in [0.2, 0.25) is 6.10 Å². The Morgan fingerprint density at radius 1 is 0.857 bits per heavy atom. The number of amides is 2. The monoisotopic (exact) mass is 693 g/mol. The Kier molecular flexibility index (Phi) is 10.9. The molecule has 49 heavy (non-hydrogen) atoms. The number of hydrogen-bond donors (Lipinski definition) is 1. The topological polar surface area (TPSA) is 99.6 Å². The summed E-state index contributed by atoms with van der Waals surface area (Å²) in [5.74, 6) is -0.991. The molecule has 0 spiro atoms. The van der Waals surface area contributed by atoms with Gasteiger partial charge < -0.3 is 24.4 Å². The predicted molar refractivity (Wildman–Crippen MR) is 195 cm³/mol.